The molecule has 0 bridgehead atoms. The maximum absolute atomic E-state index is 12.6. The molecule has 0 saturated heterocycles. The lowest BCUT2D eigenvalue weighted by Gasteiger charge is -2.07. The van der Waals surface area contributed by atoms with Crippen LogP contribution in [-0.2, 0) is 13.1 Å². The molecule has 0 radical (unpaired) electrons. The molecule has 1 amide bonds. The summed E-state index contributed by atoms with van der Waals surface area (Å²) in [5, 5.41) is 11.8. The van der Waals surface area contributed by atoms with Crippen molar-refractivity contribution in [2.75, 3.05) is 5.32 Å². The van der Waals surface area contributed by atoms with E-state index in [4.69, 9.17) is 0 Å². The molecule has 26 heavy (non-hydrogen) atoms. The van der Waals surface area contributed by atoms with Gasteiger partial charge in [-0.3, -0.25) is 14.2 Å². The van der Waals surface area contributed by atoms with Crippen molar-refractivity contribution in [2.24, 2.45) is 0 Å². The van der Waals surface area contributed by atoms with Gasteiger partial charge in [-0.05, 0) is 49.2 Å². The van der Waals surface area contributed by atoms with Crippen molar-refractivity contribution in [1.29, 1.82) is 0 Å². The summed E-state index contributed by atoms with van der Waals surface area (Å²) in [6.45, 7) is 9.27. The minimum absolute atomic E-state index is 0.245. The van der Waals surface area contributed by atoms with Gasteiger partial charge in [-0.15, -0.1) is 0 Å². The van der Waals surface area contributed by atoms with Gasteiger partial charge in [-0.2, -0.15) is 10.2 Å². The van der Waals surface area contributed by atoms with Gasteiger partial charge >= 0.3 is 0 Å². The lowest BCUT2D eigenvalue weighted by Crippen LogP contribution is -2.15. The standard InChI is InChI=1S/C19H22BrN5O/c1-5-24-11-16(20)18(23-24)19(26)21-17-13(3)22-25(14(17)4)10-15-8-6-12(2)7-9-15/h6-9,11H,5,10H2,1-4H3,(H,21,26). The van der Waals surface area contributed by atoms with Gasteiger partial charge in [0, 0.05) is 12.7 Å². The van der Waals surface area contributed by atoms with Gasteiger partial charge in [0.25, 0.3) is 5.91 Å². The van der Waals surface area contributed by atoms with Crippen molar-refractivity contribution < 1.29 is 4.79 Å². The molecule has 0 atom stereocenters. The third-order valence-electron chi connectivity index (χ3n) is 4.33. The van der Waals surface area contributed by atoms with E-state index in [2.05, 4.69) is 62.6 Å². The number of halogens is 1. The Morgan fingerprint density at radius 2 is 1.85 bits per heavy atom. The van der Waals surface area contributed by atoms with E-state index < -0.39 is 0 Å². The third kappa shape index (κ3) is 3.72. The minimum atomic E-state index is -0.245. The summed E-state index contributed by atoms with van der Waals surface area (Å²) in [5.41, 5.74) is 5.21. The predicted octanol–water partition coefficient (Wildman–Crippen LogP) is 4.09. The molecule has 0 spiro atoms. The fourth-order valence-corrected chi connectivity index (χ4v) is 3.28. The number of amides is 1. The number of nitrogens with zero attached hydrogens (tertiary/aromatic N) is 4. The number of hydrogen-bond acceptors (Lipinski definition) is 3. The predicted molar refractivity (Wildman–Crippen MR) is 106 cm³/mol. The largest absolute Gasteiger partial charge is 0.317 e. The average Bonchev–Trinajstić information content (AvgIpc) is 3.12. The molecule has 0 aliphatic carbocycles. The zero-order valence-electron chi connectivity index (χ0n) is 15.4. The van der Waals surface area contributed by atoms with Gasteiger partial charge < -0.3 is 5.32 Å². The van der Waals surface area contributed by atoms with E-state index in [0.717, 1.165) is 17.1 Å². The van der Waals surface area contributed by atoms with Crippen LogP contribution in [0.15, 0.2) is 34.9 Å². The van der Waals surface area contributed by atoms with Gasteiger partial charge in [-0.1, -0.05) is 29.8 Å². The van der Waals surface area contributed by atoms with E-state index in [-0.39, 0.29) is 5.91 Å². The Kier molecular flexibility index (Phi) is 5.27. The zero-order chi connectivity index (χ0) is 18.8. The number of nitrogens with one attached hydrogen (secondary N) is 1. The van der Waals surface area contributed by atoms with Gasteiger partial charge in [0.2, 0.25) is 0 Å². The summed E-state index contributed by atoms with van der Waals surface area (Å²) in [7, 11) is 0. The molecule has 0 aliphatic rings. The summed E-state index contributed by atoms with van der Waals surface area (Å²) in [6, 6.07) is 8.37. The van der Waals surface area contributed by atoms with Gasteiger partial charge in [0.05, 0.1) is 28.1 Å². The third-order valence-corrected chi connectivity index (χ3v) is 4.91. The summed E-state index contributed by atoms with van der Waals surface area (Å²) in [5.74, 6) is -0.245. The molecule has 136 valence electrons. The number of rotatable bonds is 5. The van der Waals surface area contributed by atoms with E-state index in [1.54, 1.807) is 10.9 Å². The lowest BCUT2D eigenvalue weighted by atomic mass is 10.1. The Hall–Kier alpha value is -2.41. The van der Waals surface area contributed by atoms with Crippen LogP contribution in [0.4, 0.5) is 5.69 Å². The van der Waals surface area contributed by atoms with Crippen LogP contribution in [-0.4, -0.2) is 25.5 Å². The molecule has 2 aromatic heterocycles. The van der Waals surface area contributed by atoms with E-state index in [9.17, 15) is 4.79 Å². The quantitative estimate of drug-likeness (QED) is 0.682. The Morgan fingerprint density at radius 1 is 1.15 bits per heavy atom. The maximum atomic E-state index is 12.6. The Balaban J connectivity index is 1.82. The highest BCUT2D eigenvalue weighted by Crippen LogP contribution is 2.23. The normalized spacial score (nSPS) is 11.0. The summed E-state index contributed by atoms with van der Waals surface area (Å²) >= 11 is 3.40. The summed E-state index contributed by atoms with van der Waals surface area (Å²) < 4.78 is 4.31. The van der Waals surface area contributed by atoms with Crippen molar-refractivity contribution in [2.45, 2.75) is 40.8 Å². The SMILES string of the molecule is CCn1cc(Br)c(C(=O)Nc2c(C)nn(Cc3ccc(C)cc3)c2C)n1. The van der Waals surface area contributed by atoms with E-state index in [0.29, 0.717) is 23.3 Å². The maximum Gasteiger partial charge on any atom is 0.277 e. The number of anilines is 1. The highest BCUT2D eigenvalue weighted by Gasteiger charge is 2.19. The van der Waals surface area contributed by atoms with Crippen molar-refractivity contribution >= 4 is 27.5 Å². The molecule has 6 nitrogen and oxygen atoms in total. The smallest absolute Gasteiger partial charge is 0.277 e. The first-order chi connectivity index (χ1) is 12.4. The van der Waals surface area contributed by atoms with Crippen LogP contribution in [0.2, 0.25) is 0 Å². The first-order valence-corrected chi connectivity index (χ1v) is 9.32. The number of carbonyl (C=O) groups excluding carboxylic acids is 1. The molecule has 0 aliphatic heterocycles. The number of benzene rings is 1. The molecule has 1 aromatic carbocycles. The van der Waals surface area contributed by atoms with Crippen LogP contribution in [0, 0.1) is 20.8 Å². The van der Waals surface area contributed by atoms with Crippen LogP contribution in [0.1, 0.15) is 39.9 Å². The van der Waals surface area contributed by atoms with Crippen molar-refractivity contribution in [3.63, 3.8) is 0 Å². The van der Waals surface area contributed by atoms with E-state index >= 15 is 0 Å². The fraction of sp³-hybridized carbons (Fsp3) is 0.316. The molecular formula is C19H22BrN5O. The average molecular weight is 416 g/mol. The number of aryl methyl sites for hydroxylation is 3. The highest BCUT2D eigenvalue weighted by molar-refractivity contribution is 9.10. The number of aromatic nitrogens is 4. The van der Waals surface area contributed by atoms with E-state index in [1.165, 1.54) is 11.1 Å². The van der Waals surface area contributed by atoms with Crippen LogP contribution in [0.3, 0.4) is 0 Å². The topological polar surface area (TPSA) is 64.7 Å². The summed E-state index contributed by atoms with van der Waals surface area (Å²) in [4.78, 5) is 12.6. The van der Waals surface area contributed by atoms with Crippen LogP contribution >= 0.6 is 15.9 Å². The first kappa shape index (κ1) is 18.4. The van der Waals surface area contributed by atoms with Gasteiger partial charge in [-0.25, -0.2) is 0 Å². The van der Waals surface area contributed by atoms with Crippen molar-refractivity contribution in [3.05, 3.63) is 63.1 Å². The Morgan fingerprint density at radius 3 is 2.46 bits per heavy atom. The molecule has 1 N–H and O–H groups in total. The molecule has 0 saturated carbocycles. The Labute approximate surface area is 161 Å². The van der Waals surface area contributed by atoms with Crippen molar-refractivity contribution in [1.82, 2.24) is 19.6 Å². The molecule has 3 aromatic rings. The van der Waals surface area contributed by atoms with E-state index in [1.807, 2.05) is 25.5 Å². The molecule has 0 unspecified atom stereocenters. The van der Waals surface area contributed by atoms with Crippen LogP contribution in [0.25, 0.3) is 0 Å². The molecule has 3 rings (SSSR count). The molecule has 2 heterocycles. The second-order valence-electron chi connectivity index (χ2n) is 6.32. The fourth-order valence-electron chi connectivity index (χ4n) is 2.78. The number of hydrogen-bond donors (Lipinski definition) is 1. The molecule has 7 heteroatoms. The molecular weight excluding hydrogens is 394 g/mol. The van der Waals surface area contributed by atoms with Gasteiger partial charge in [0.1, 0.15) is 0 Å². The van der Waals surface area contributed by atoms with Crippen LogP contribution < -0.4 is 5.32 Å². The number of carbonyl (C=O) groups is 1. The van der Waals surface area contributed by atoms with Crippen molar-refractivity contribution in [3.8, 4) is 0 Å². The highest BCUT2D eigenvalue weighted by atomic mass is 79.9. The van der Waals surface area contributed by atoms with Gasteiger partial charge in [0.15, 0.2) is 5.69 Å². The monoisotopic (exact) mass is 415 g/mol. The Bertz CT molecular complexity index is 940. The zero-order valence-corrected chi connectivity index (χ0v) is 17.0. The second kappa shape index (κ2) is 7.45. The minimum Gasteiger partial charge on any atom is -0.317 e. The first-order valence-electron chi connectivity index (χ1n) is 8.53. The molecule has 0 fully saturated rings. The second-order valence-corrected chi connectivity index (χ2v) is 7.18. The summed E-state index contributed by atoms with van der Waals surface area (Å²) in [6.07, 6.45) is 1.80. The lowest BCUT2D eigenvalue weighted by molar-refractivity contribution is 0.102. The van der Waals surface area contributed by atoms with Crippen LogP contribution in [0.5, 0.6) is 0 Å².